The highest BCUT2D eigenvalue weighted by Gasteiger charge is 2.20. The van der Waals surface area contributed by atoms with Crippen LogP contribution in [0.4, 0.5) is 0 Å². The van der Waals surface area contributed by atoms with Crippen LogP contribution in [0.15, 0.2) is 27.5 Å². The van der Waals surface area contributed by atoms with Gasteiger partial charge < -0.3 is 4.42 Å². The monoisotopic (exact) mass is 294 g/mol. The van der Waals surface area contributed by atoms with Gasteiger partial charge >= 0.3 is 0 Å². The molecule has 6 heteroatoms. The van der Waals surface area contributed by atoms with E-state index < -0.39 is 9.84 Å². The van der Waals surface area contributed by atoms with Crippen molar-refractivity contribution < 1.29 is 12.8 Å². The van der Waals surface area contributed by atoms with Crippen molar-refractivity contribution in [3.05, 3.63) is 41.1 Å². The van der Waals surface area contributed by atoms with Crippen molar-refractivity contribution in [3.63, 3.8) is 0 Å². The predicted octanol–water partition coefficient (Wildman–Crippen LogP) is 2.78. The lowest BCUT2D eigenvalue weighted by molar-refractivity contribution is 0.442. The first-order valence-corrected chi connectivity index (χ1v) is 8.07. The van der Waals surface area contributed by atoms with Crippen LogP contribution in [-0.2, 0) is 15.6 Å². The molecular weight excluding hydrogens is 276 g/mol. The van der Waals surface area contributed by atoms with E-state index >= 15 is 0 Å². The van der Waals surface area contributed by atoms with E-state index in [1.165, 1.54) is 0 Å². The highest BCUT2D eigenvalue weighted by atomic mass is 32.2. The van der Waals surface area contributed by atoms with Crippen LogP contribution >= 0.6 is 0 Å². The van der Waals surface area contributed by atoms with Crippen LogP contribution in [0.25, 0.3) is 0 Å². The second-order valence-corrected chi connectivity index (χ2v) is 7.18. The average Bonchev–Trinajstić information content (AvgIpc) is 2.80. The number of rotatable bonds is 4. The summed E-state index contributed by atoms with van der Waals surface area (Å²) in [5.41, 5.74) is 2.00. The molecular formula is C14H18N2O3S. The summed E-state index contributed by atoms with van der Waals surface area (Å²) in [6.45, 7) is 7.65. The minimum atomic E-state index is -3.46. The van der Waals surface area contributed by atoms with Crippen LogP contribution in [0, 0.1) is 13.8 Å². The van der Waals surface area contributed by atoms with Crippen molar-refractivity contribution in [1.82, 2.24) is 10.2 Å². The average molecular weight is 294 g/mol. The predicted molar refractivity (Wildman–Crippen MR) is 75.2 cm³/mol. The lowest BCUT2D eigenvalue weighted by atomic mass is 10.1. The Labute approximate surface area is 119 Å². The molecule has 0 radical (unpaired) electrons. The Kier molecular flexibility index (Phi) is 3.94. The molecule has 1 heterocycles. The molecule has 0 aliphatic carbocycles. The fraction of sp³-hybridized carbons (Fsp3) is 0.429. The van der Waals surface area contributed by atoms with Gasteiger partial charge in [0.25, 0.3) is 0 Å². The van der Waals surface area contributed by atoms with Crippen LogP contribution in [0.5, 0.6) is 0 Å². The lowest BCUT2D eigenvalue weighted by Crippen LogP contribution is -2.06. The maximum Gasteiger partial charge on any atom is 0.231 e. The molecule has 0 bridgehead atoms. The van der Waals surface area contributed by atoms with E-state index in [9.17, 15) is 8.42 Å². The first-order chi connectivity index (χ1) is 9.29. The summed E-state index contributed by atoms with van der Waals surface area (Å²) in [6.07, 6.45) is 0. The maximum absolute atomic E-state index is 12.3. The summed E-state index contributed by atoms with van der Waals surface area (Å²) >= 11 is 0. The summed E-state index contributed by atoms with van der Waals surface area (Å²) in [6, 6.07) is 5.08. The van der Waals surface area contributed by atoms with E-state index in [1.807, 2.05) is 27.7 Å². The zero-order valence-corrected chi connectivity index (χ0v) is 12.9. The summed E-state index contributed by atoms with van der Waals surface area (Å²) in [7, 11) is -3.46. The van der Waals surface area contributed by atoms with Crippen molar-refractivity contribution >= 4 is 9.84 Å². The van der Waals surface area contributed by atoms with E-state index in [0.29, 0.717) is 5.89 Å². The van der Waals surface area contributed by atoms with E-state index in [-0.39, 0.29) is 22.5 Å². The molecule has 2 rings (SSSR count). The molecule has 0 atom stereocenters. The summed E-state index contributed by atoms with van der Waals surface area (Å²) in [4.78, 5) is 0.282. The smallest absolute Gasteiger partial charge is 0.231 e. The Morgan fingerprint density at radius 1 is 1.15 bits per heavy atom. The zero-order chi connectivity index (χ0) is 14.9. The topological polar surface area (TPSA) is 73.1 Å². The SMILES string of the molecule is Cc1ccc(S(=O)(=O)Cc2nnc(C(C)C)o2)cc1C. The second kappa shape index (κ2) is 5.36. The maximum atomic E-state index is 12.3. The zero-order valence-electron chi connectivity index (χ0n) is 12.0. The van der Waals surface area contributed by atoms with E-state index in [2.05, 4.69) is 10.2 Å². The number of hydrogen-bond acceptors (Lipinski definition) is 5. The van der Waals surface area contributed by atoms with Crippen molar-refractivity contribution in [2.75, 3.05) is 0 Å². The molecule has 0 aliphatic rings. The largest absolute Gasteiger partial charge is 0.424 e. The van der Waals surface area contributed by atoms with Crippen LogP contribution < -0.4 is 0 Å². The number of aryl methyl sites for hydroxylation is 2. The standard InChI is InChI=1S/C14H18N2O3S/c1-9(2)14-16-15-13(19-14)8-20(17,18)12-6-5-10(3)11(4)7-12/h5-7,9H,8H2,1-4H3. The van der Waals surface area contributed by atoms with Crippen molar-refractivity contribution in [2.24, 2.45) is 0 Å². The summed E-state index contributed by atoms with van der Waals surface area (Å²) < 4.78 is 30.0. The lowest BCUT2D eigenvalue weighted by Gasteiger charge is -2.05. The highest BCUT2D eigenvalue weighted by Crippen LogP contribution is 2.20. The van der Waals surface area contributed by atoms with Gasteiger partial charge in [-0.1, -0.05) is 19.9 Å². The van der Waals surface area contributed by atoms with Crippen LogP contribution in [0.2, 0.25) is 0 Å². The molecule has 0 saturated heterocycles. The number of nitrogens with zero attached hydrogens (tertiary/aromatic N) is 2. The van der Waals surface area contributed by atoms with Crippen molar-refractivity contribution in [3.8, 4) is 0 Å². The summed E-state index contributed by atoms with van der Waals surface area (Å²) in [5, 5.41) is 7.64. The number of sulfone groups is 1. The third-order valence-electron chi connectivity index (χ3n) is 3.13. The molecule has 0 unspecified atom stereocenters. The molecule has 0 fully saturated rings. The van der Waals surface area contributed by atoms with Gasteiger partial charge in [0, 0.05) is 5.92 Å². The molecule has 0 aliphatic heterocycles. The third-order valence-corrected chi connectivity index (χ3v) is 4.73. The Morgan fingerprint density at radius 3 is 2.40 bits per heavy atom. The molecule has 1 aromatic carbocycles. The molecule has 1 aromatic heterocycles. The van der Waals surface area contributed by atoms with Crippen molar-refractivity contribution in [2.45, 2.75) is 44.3 Å². The molecule has 5 nitrogen and oxygen atoms in total. The molecule has 108 valence electrons. The van der Waals surface area contributed by atoms with Crippen LogP contribution in [0.1, 0.15) is 42.7 Å². The fourth-order valence-electron chi connectivity index (χ4n) is 1.71. The fourth-order valence-corrected chi connectivity index (χ4v) is 2.95. The van der Waals surface area contributed by atoms with Gasteiger partial charge in [0.1, 0.15) is 5.75 Å². The van der Waals surface area contributed by atoms with Gasteiger partial charge in [-0.25, -0.2) is 8.42 Å². The highest BCUT2D eigenvalue weighted by molar-refractivity contribution is 7.90. The molecule has 0 spiro atoms. The number of hydrogen-bond donors (Lipinski definition) is 0. The minimum absolute atomic E-state index is 0.0839. The molecule has 0 saturated carbocycles. The molecule has 0 amide bonds. The van der Waals surface area contributed by atoms with E-state index in [0.717, 1.165) is 11.1 Å². The van der Waals surface area contributed by atoms with Gasteiger partial charge in [0.2, 0.25) is 11.8 Å². The van der Waals surface area contributed by atoms with Gasteiger partial charge in [-0.2, -0.15) is 0 Å². The van der Waals surface area contributed by atoms with Gasteiger partial charge in [-0.05, 0) is 37.1 Å². The van der Waals surface area contributed by atoms with Gasteiger partial charge in [-0.15, -0.1) is 10.2 Å². The Morgan fingerprint density at radius 2 is 1.85 bits per heavy atom. The van der Waals surface area contributed by atoms with E-state index in [1.54, 1.807) is 18.2 Å². The number of benzene rings is 1. The Hall–Kier alpha value is -1.69. The minimum Gasteiger partial charge on any atom is -0.424 e. The Bertz CT molecular complexity index is 718. The number of aromatic nitrogens is 2. The molecule has 0 N–H and O–H groups in total. The second-order valence-electron chi connectivity index (χ2n) is 5.19. The third kappa shape index (κ3) is 3.07. The van der Waals surface area contributed by atoms with E-state index in [4.69, 9.17) is 4.42 Å². The first-order valence-electron chi connectivity index (χ1n) is 6.42. The van der Waals surface area contributed by atoms with Crippen LogP contribution in [0.3, 0.4) is 0 Å². The van der Waals surface area contributed by atoms with Gasteiger partial charge in [0.05, 0.1) is 4.90 Å². The first kappa shape index (κ1) is 14.7. The van der Waals surface area contributed by atoms with Gasteiger partial charge in [0.15, 0.2) is 9.84 Å². The Balaban J connectivity index is 2.28. The normalized spacial score (nSPS) is 12.1. The van der Waals surface area contributed by atoms with Crippen molar-refractivity contribution in [1.29, 1.82) is 0 Å². The summed E-state index contributed by atoms with van der Waals surface area (Å²) in [5.74, 6) is 0.401. The van der Waals surface area contributed by atoms with Crippen LogP contribution in [-0.4, -0.2) is 18.6 Å². The molecule has 20 heavy (non-hydrogen) atoms. The molecule has 2 aromatic rings. The quantitative estimate of drug-likeness (QED) is 0.867. The van der Waals surface area contributed by atoms with Gasteiger partial charge in [-0.3, -0.25) is 0 Å².